The molecule has 2 aliphatic rings. The smallest absolute Gasteiger partial charge is 0.258 e. The Kier molecular flexibility index (Phi) is 3.43. The van der Waals surface area contributed by atoms with Crippen LogP contribution in [0.5, 0.6) is 0 Å². The fraction of sp³-hybridized carbons (Fsp3) is 0.294. The first kappa shape index (κ1) is 15.3. The predicted molar refractivity (Wildman–Crippen MR) is 88.2 cm³/mol. The molecule has 2 aromatic rings. The Hall–Kier alpha value is -2.25. The zero-order chi connectivity index (χ0) is 16.9. The summed E-state index contributed by atoms with van der Waals surface area (Å²) in [6, 6.07) is 11.2. The van der Waals surface area contributed by atoms with E-state index in [4.69, 9.17) is 0 Å². The molecule has 0 amide bonds. The second-order valence-corrected chi connectivity index (χ2v) is 8.05. The van der Waals surface area contributed by atoms with E-state index in [-0.39, 0.29) is 16.6 Å². The average molecular weight is 344 g/mol. The van der Waals surface area contributed by atoms with Gasteiger partial charge in [-0.1, -0.05) is 18.2 Å². The van der Waals surface area contributed by atoms with Crippen molar-refractivity contribution in [1.29, 1.82) is 0 Å². The van der Waals surface area contributed by atoms with Gasteiger partial charge in [-0.2, -0.15) is 4.31 Å². The molecule has 1 aliphatic heterocycles. The van der Waals surface area contributed by atoms with Crippen molar-refractivity contribution in [1.82, 2.24) is 4.31 Å². The third kappa shape index (κ3) is 2.23. The summed E-state index contributed by atoms with van der Waals surface area (Å²) in [4.78, 5) is 10.3. The van der Waals surface area contributed by atoms with Crippen molar-refractivity contribution in [3.8, 4) is 0 Å². The lowest BCUT2D eigenvalue weighted by atomic mass is 9.95. The summed E-state index contributed by atoms with van der Waals surface area (Å²) in [6.45, 7) is 0.445. The molecule has 0 spiro atoms. The Balaban J connectivity index is 1.72. The van der Waals surface area contributed by atoms with Crippen LogP contribution in [0.2, 0.25) is 0 Å². The van der Waals surface area contributed by atoms with Crippen LogP contribution in [0, 0.1) is 10.1 Å². The number of nitro benzene ring substituents is 1. The summed E-state index contributed by atoms with van der Waals surface area (Å²) in [5.41, 5.74) is 3.53. The molecule has 0 bridgehead atoms. The Labute approximate surface area is 139 Å². The average Bonchev–Trinajstić information content (AvgIpc) is 3.01. The zero-order valence-electron chi connectivity index (χ0n) is 12.9. The van der Waals surface area contributed by atoms with E-state index in [0.717, 1.165) is 18.4 Å². The lowest BCUT2D eigenvalue weighted by molar-refractivity contribution is -0.384. The molecule has 0 saturated carbocycles. The minimum Gasteiger partial charge on any atom is -0.258 e. The van der Waals surface area contributed by atoms with Crippen LogP contribution in [0.15, 0.2) is 47.4 Å². The van der Waals surface area contributed by atoms with E-state index in [1.54, 1.807) is 4.31 Å². The number of hydrogen-bond acceptors (Lipinski definition) is 4. The Morgan fingerprint density at radius 1 is 1.04 bits per heavy atom. The van der Waals surface area contributed by atoms with E-state index in [2.05, 4.69) is 12.1 Å². The van der Waals surface area contributed by atoms with E-state index < -0.39 is 14.9 Å². The van der Waals surface area contributed by atoms with Crippen LogP contribution < -0.4 is 0 Å². The molecule has 7 heteroatoms. The van der Waals surface area contributed by atoms with Crippen LogP contribution >= 0.6 is 0 Å². The van der Waals surface area contributed by atoms with Gasteiger partial charge in [0.2, 0.25) is 10.0 Å². The van der Waals surface area contributed by atoms with Crippen molar-refractivity contribution in [2.45, 2.75) is 30.2 Å². The molecule has 4 rings (SSSR count). The van der Waals surface area contributed by atoms with Crippen molar-refractivity contribution >= 4 is 15.7 Å². The van der Waals surface area contributed by atoms with Crippen molar-refractivity contribution in [2.24, 2.45) is 0 Å². The SMILES string of the molecule is O=[N+]([O-])c1ccc(S(=O)(=O)N2CCc3cccc4c3C2CC4)cc1. The number of sulfonamides is 1. The van der Waals surface area contributed by atoms with Crippen molar-refractivity contribution in [3.63, 3.8) is 0 Å². The topological polar surface area (TPSA) is 80.5 Å². The van der Waals surface area contributed by atoms with E-state index in [9.17, 15) is 18.5 Å². The van der Waals surface area contributed by atoms with Gasteiger partial charge in [0.15, 0.2) is 0 Å². The summed E-state index contributed by atoms with van der Waals surface area (Å²) in [6.07, 6.45) is 2.38. The lowest BCUT2D eigenvalue weighted by Crippen LogP contribution is -2.39. The van der Waals surface area contributed by atoms with Crippen molar-refractivity contribution < 1.29 is 13.3 Å². The predicted octanol–water partition coefficient (Wildman–Crippen LogP) is 2.83. The van der Waals surface area contributed by atoms with Gasteiger partial charge in [-0.15, -0.1) is 0 Å². The quantitative estimate of drug-likeness (QED) is 0.633. The molecule has 1 unspecified atom stereocenters. The number of aryl methyl sites for hydroxylation is 1. The van der Waals surface area contributed by atoms with E-state index >= 15 is 0 Å². The number of nitro groups is 1. The molecule has 0 aromatic heterocycles. The maximum absolute atomic E-state index is 13.0. The molecule has 1 heterocycles. The summed E-state index contributed by atoms with van der Waals surface area (Å²) < 4.78 is 27.6. The fourth-order valence-electron chi connectivity index (χ4n) is 3.80. The van der Waals surface area contributed by atoms with Crippen LogP contribution in [0.4, 0.5) is 5.69 Å². The summed E-state index contributed by atoms with van der Waals surface area (Å²) in [5, 5.41) is 10.8. The highest BCUT2D eigenvalue weighted by Gasteiger charge is 2.40. The zero-order valence-corrected chi connectivity index (χ0v) is 13.7. The van der Waals surface area contributed by atoms with Crippen molar-refractivity contribution in [3.05, 3.63) is 69.3 Å². The molecule has 1 atom stereocenters. The molecule has 124 valence electrons. The molecule has 24 heavy (non-hydrogen) atoms. The third-order valence-electron chi connectivity index (χ3n) is 4.91. The van der Waals surface area contributed by atoms with Gasteiger partial charge in [-0.05, 0) is 48.1 Å². The molecule has 0 saturated heterocycles. The Morgan fingerprint density at radius 3 is 2.38 bits per heavy atom. The number of non-ortho nitro benzene ring substituents is 1. The number of hydrogen-bond donors (Lipinski definition) is 0. The molecular formula is C17H16N2O4S. The number of benzene rings is 2. The van der Waals surface area contributed by atoms with E-state index in [1.165, 1.54) is 35.4 Å². The van der Waals surface area contributed by atoms with Gasteiger partial charge in [0.05, 0.1) is 15.9 Å². The maximum Gasteiger partial charge on any atom is 0.269 e. The molecule has 6 nitrogen and oxygen atoms in total. The van der Waals surface area contributed by atoms with Gasteiger partial charge in [0, 0.05) is 18.7 Å². The van der Waals surface area contributed by atoms with Crippen LogP contribution in [-0.2, 0) is 22.9 Å². The first-order chi connectivity index (χ1) is 11.5. The molecular weight excluding hydrogens is 328 g/mol. The highest BCUT2D eigenvalue weighted by Crippen LogP contribution is 2.43. The third-order valence-corrected chi connectivity index (χ3v) is 6.83. The van der Waals surface area contributed by atoms with Crippen LogP contribution in [0.25, 0.3) is 0 Å². The Morgan fingerprint density at radius 2 is 1.71 bits per heavy atom. The summed E-state index contributed by atoms with van der Waals surface area (Å²) >= 11 is 0. The minimum atomic E-state index is -3.66. The second-order valence-electron chi connectivity index (χ2n) is 6.16. The van der Waals surface area contributed by atoms with Gasteiger partial charge in [0.25, 0.3) is 5.69 Å². The van der Waals surface area contributed by atoms with E-state index in [1.807, 2.05) is 6.07 Å². The first-order valence-corrected chi connectivity index (χ1v) is 9.29. The Bertz CT molecular complexity index is 922. The minimum absolute atomic E-state index is 0.110. The van der Waals surface area contributed by atoms with Crippen molar-refractivity contribution in [2.75, 3.05) is 6.54 Å². The van der Waals surface area contributed by atoms with Gasteiger partial charge < -0.3 is 0 Å². The second kappa shape index (κ2) is 5.39. The first-order valence-electron chi connectivity index (χ1n) is 7.85. The number of rotatable bonds is 3. The monoisotopic (exact) mass is 344 g/mol. The number of nitrogens with zero attached hydrogens (tertiary/aromatic N) is 2. The maximum atomic E-state index is 13.0. The molecule has 0 N–H and O–H groups in total. The molecule has 0 fully saturated rings. The normalized spacial score (nSPS) is 19.9. The van der Waals surface area contributed by atoms with E-state index in [0.29, 0.717) is 13.0 Å². The summed E-state index contributed by atoms with van der Waals surface area (Å²) in [7, 11) is -3.66. The van der Waals surface area contributed by atoms with Crippen LogP contribution in [-0.4, -0.2) is 24.2 Å². The largest absolute Gasteiger partial charge is 0.269 e. The van der Waals surface area contributed by atoms with Gasteiger partial charge in [0.1, 0.15) is 0 Å². The fourth-order valence-corrected chi connectivity index (χ4v) is 5.43. The molecule has 0 radical (unpaired) electrons. The molecule has 1 aliphatic carbocycles. The lowest BCUT2D eigenvalue weighted by Gasteiger charge is -2.34. The van der Waals surface area contributed by atoms with Gasteiger partial charge in [-0.3, -0.25) is 10.1 Å². The van der Waals surface area contributed by atoms with Crippen LogP contribution in [0.3, 0.4) is 0 Å². The summed E-state index contributed by atoms with van der Waals surface area (Å²) in [5.74, 6) is 0. The molecule has 2 aromatic carbocycles. The van der Waals surface area contributed by atoms with Crippen LogP contribution in [0.1, 0.15) is 29.2 Å². The van der Waals surface area contributed by atoms with Gasteiger partial charge >= 0.3 is 0 Å². The highest BCUT2D eigenvalue weighted by molar-refractivity contribution is 7.89. The van der Waals surface area contributed by atoms with Gasteiger partial charge in [-0.25, -0.2) is 8.42 Å². The standard InChI is InChI=1S/C17H16N2O4S/c20-19(21)14-5-7-15(8-6-14)24(22,23)18-11-10-13-3-1-2-12-4-9-16(18)17(12)13/h1-3,5-8,16H,4,9-11H2. The highest BCUT2D eigenvalue weighted by atomic mass is 32.2.